The van der Waals surface area contributed by atoms with Gasteiger partial charge in [0, 0.05) is 19.6 Å². The van der Waals surface area contributed by atoms with Crippen molar-refractivity contribution in [3.05, 3.63) is 35.9 Å². The average Bonchev–Trinajstić information content (AvgIpc) is 2.89. The number of likely N-dealkylation sites (tertiary alicyclic amines) is 1. The molecule has 20 heavy (non-hydrogen) atoms. The summed E-state index contributed by atoms with van der Waals surface area (Å²) in [5.41, 5.74) is 6.92. The molecule has 0 radical (unpaired) electrons. The minimum Gasteiger partial charge on any atom is -0.355 e. The van der Waals surface area contributed by atoms with Crippen molar-refractivity contribution in [1.82, 2.24) is 10.2 Å². The highest BCUT2D eigenvalue weighted by Gasteiger charge is 2.22. The van der Waals surface area contributed by atoms with Crippen molar-refractivity contribution < 1.29 is 4.79 Å². The zero-order valence-corrected chi connectivity index (χ0v) is 12.2. The van der Waals surface area contributed by atoms with Crippen LogP contribution in [0, 0.1) is 11.8 Å². The number of nitrogens with one attached hydrogen (secondary N) is 1. The van der Waals surface area contributed by atoms with Crippen LogP contribution in [0.4, 0.5) is 0 Å². The molecule has 2 atom stereocenters. The molecule has 1 heterocycles. The molecule has 1 aromatic rings. The van der Waals surface area contributed by atoms with Gasteiger partial charge in [-0.3, -0.25) is 4.79 Å². The lowest BCUT2D eigenvalue weighted by Gasteiger charge is -2.17. The maximum atomic E-state index is 12.2. The van der Waals surface area contributed by atoms with Crippen LogP contribution in [0.5, 0.6) is 0 Å². The normalized spacial score (nSPS) is 20.8. The molecule has 110 valence electrons. The van der Waals surface area contributed by atoms with Gasteiger partial charge in [-0.25, -0.2) is 0 Å². The molecule has 0 aliphatic carbocycles. The molecule has 1 aromatic carbocycles. The van der Waals surface area contributed by atoms with Crippen molar-refractivity contribution in [3.8, 4) is 0 Å². The number of hydrogen-bond donors (Lipinski definition) is 2. The molecule has 1 aliphatic rings. The van der Waals surface area contributed by atoms with Crippen molar-refractivity contribution in [1.29, 1.82) is 0 Å². The van der Waals surface area contributed by atoms with E-state index in [1.54, 1.807) is 0 Å². The van der Waals surface area contributed by atoms with Crippen LogP contribution in [0.1, 0.15) is 12.0 Å². The monoisotopic (exact) mass is 275 g/mol. The average molecular weight is 275 g/mol. The molecule has 4 heteroatoms. The van der Waals surface area contributed by atoms with Gasteiger partial charge >= 0.3 is 0 Å². The lowest BCUT2D eigenvalue weighted by atomic mass is 9.98. The Labute approximate surface area is 121 Å². The van der Waals surface area contributed by atoms with Crippen molar-refractivity contribution in [2.45, 2.75) is 12.8 Å². The van der Waals surface area contributed by atoms with Gasteiger partial charge in [0.1, 0.15) is 0 Å². The second kappa shape index (κ2) is 7.41. The van der Waals surface area contributed by atoms with Crippen molar-refractivity contribution in [2.75, 3.05) is 33.2 Å². The van der Waals surface area contributed by atoms with Gasteiger partial charge in [0.05, 0.1) is 5.92 Å². The van der Waals surface area contributed by atoms with E-state index in [0.29, 0.717) is 18.9 Å². The number of amides is 1. The van der Waals surface area contributed by atoms with Crippen LogP contribution in [-0.2, 0) is 11.2 Å². The quantitative estimate of drug-likeness (QED) is 0.810. The van der Waals surface area contributed by atoms with Gasteiger partial charge in [0.2, 0.25) is 5.91 Å². The molecule has 2 rings (SSSR count). The van der Waals surface area contributed by atoms with E-state index in [0.717, 1.165) is 19.6 Å². The van der Waals surface area contributed by atoms with Gasteiger partial charge in [-0.05, 0) is 37.9 Å². The first-order valence-corrected chi connectivity index (χ1v) is 7.39. The number of carbonyl (C=O) groups excluding carboxylic acids is 1. The number of rotatable bonds is 6. The molecule has 1 saturated heterocycles. The topological polar surface area (TPSA) is 58.4 Å². The number of hydrogen-bond acceptors (Lipinski definition) is 3. The Morgan fingerprint density at radius 1 is 1.45 bits per heavy atom. The summed E-state index contributed by atoms with van der Waals surface area (Å²) in [7, 11) is 2.12. The Morgan fingerprint density at radius 2 is 2.20 bits per heavy atom. The molecular formula is C16H25N3O. The minimum atomic E-state index is -0.128. The summed E-state index contributed by atoms with van der Waals surface area (Å²) in [6.07, 6.45) is 1.89. The maximum Gasteiger partial charge on any atom is 0.224 e. The van der Waals surface area contributed by atoms with E-state index in [1.807, 2.05) is 30.3 Å². The van der Waals surface area contributed by atoms with Gasteiger partial charge in [0.25, 0.3) is 0 Å². The van der Waals surface area contributed by atoms with Crippen molar-refractivity contribution >= 4 is 5.91 Å². The van der Waals surface area contributed by atoms with E-state index in [4.69, 9.17) is 5.73 Å². The summed E-state index contributed by atoms with van der Waals surface area (Å²) >= 11 is 0. The minimum absolute atomic E-state index is 0.0888. The lowest BCUT2D eigenvalue weighted by Crippen LogP contribution is -2.39. The molecule has 0 bridgehead atoms. The molecule has 1 aliphatic heterocycles. The number of carbonyl (C=O) groups is 1. The third-order valence-corrected chi connectivity index (χ3v) is 4.03. The first-order chi connectivity index (χ1) is 9.69. The smallest absolute Gasteiger partial charge is 0.224 e. The van der Waals surface area contributed by atoms with E-state index in [2.05, 4.69) is 17.3 Å². The van der Waals surface area contributed by atoms with Crippen LogP contribution in [-0.4, -0.2) is 44.0 Å². The van der Waals surface area contributed by atoms with Gasteiger partial charge < -0.3 is 16.0 Å². The second-order valence-corrected chi connectivity index (χ2v) is 5.78. The van der Waals surface area contributed by atoms with E-state index < -0.39 is 0 Å². The first kappa shape index (κ1) is 15.0. The third-order valence-electron chi connectivity index (χ3n) is 4.03. The summed E-state index contributed by atoms with van der Waals surface area (Å²) in [5, 5.41) is 3.07. The predicted molar refractivity (Wildman–Crippen MR) is 81.3 cm³/mol. The van der Waals surface area contributed by atoms with E-state index in [1.165, 1.54) is 12.0 Å². The largest absolute Gasteiger partial charge is 0.355 e. The highest BCUT2D eigenvalue weighted by molar-refractivity contribution is 5.79. The predicted octanol–water partition coefficient (Wildman–Crippen LogP) is 0.872. The van der Waals surface area contributed by atoms with Crippen LogP contribution < -0.4 is 11.1 Å². The number of nitrogens with two attached hydrogens (primary N) is 1. The zero-order valence-electron chi connectivity index (χ0n) is 12.2. The van der Waals surface area contributed by atoms with Crippen LogP contribution in [0.25, 0.3) is 0 Å². The van der Waals surface area contributed by atoms with Crippen LogP contribution in [0.2, 0.25) is 0 Å². The Kier molecular flexibility index (Phi) is 5.56. The summed E-state index contributed by atoms with van der Waals surface area (Å²) in [4.78, 5) is 14.5. The maximum absolute atomic E-state index is 12.2. The van der Waals surface area contributed by atoms with Gasteiger partial charge in [0.15, 0.2) is 0 Å². The SMILES string of the molecule is CN1CCC(CNC(=O)C(CN)Cc2ccccc2)C1. The molecular weight excluding hydrogens is 250 g/mol. The van der Waals surface area contributed by atoms with E-state index in [9.17, 15) is 4.79 Å². The highest BCUT2D eigenvalue weighted by atomic mass is 16.1. The van der Waals surface area contributed by atoms with E-state index >= 15 is 0 Å². The molecule has 0 aromatic heterocycles. The standard InChI is InChI=1S/C16H25N3O/c1-19-8-7-14(12-19)11-18-16(20)15(10-17)9-13-5-3-2-4-6-13/h2-6,14-15H,7-12,17H2,1H3,(H,18,20). The fourth-order valence-corrected chi connectivity index (χ4v) is 2.76. The molecule has 4 nitrogen and oxygen atoms in total. The summed E-state index contributed by atoms with van der Waals surface area (Å²) in [5.74, 6) is 0.543. The van der Waals surface area contributed by atoms with Crippen molar-refractivity contribution in [3.63, 3.8) is 0 Å². The molecule has 1 amide bonds. The number of nitrogens with zero attached hydrogens (tertiary/aromatic N) is 1. The zero-order chi connectivity index (χ0) is 14.4. The molecule has 0 spiro atoms. The Hall–Kier alpha value is -1.39. The molecule has 1 fully saturated rings. The summed E-state index contributed by atoms with van der Waals surface area (Å²) in [6, 6.07) is 10.1. The third kappa shape index (κ3) is 4.32. The van der Waals surface area contributed by atoms with Crippen LogP contribution in [0.3, 0.4) is 0 Å². The number of benzene rings is 1. The fraction of sp³-hybridized carbons (Fsp3) is 0.562. The Morgan fingerprint density at radius 3 is 2.80 bits per heavy atom. The van der Waals surface area contributed by atoms with Gasteiger partial charge in [-0.15, -0.1) is 0 Å². The fourth-order valence-electron chi connectivity index (χ4n) is 2.76. The Balaban J connectivity index is 1.80. The highest BCUT2D eigenvalue weighted by Crippen LogP contribution is 2.13. The van der Waals surface area contributed by atoms with Crippen LogP contribution >= 0.6 is 0 Å². The molecule has 2 unspecified atom stereocenters. The lowest BCUT2D eigenvalue weighted by molar-refractivity contribution is -0.124. The molecule has 0 saturated carbocycles. The van der Waals surface area contributed by atoms with Crippen LogP contribution in [0.15, 0.2) is 30.3 Å². The molecule has 3 N–H and O–H groups in total. The van der Waals surface area contributed by atoms with Gasteiger partial charge in [-0.1, -0.05) is 30.3 Å². The first-order valence-electron chi connectivity index (χ1n) is 7.39. The van der Waals surface area contributed by atoms with Crippen molar-refractivity contribution in [2.24, 2.45) is 17.6 Å². The second-order valence-electron chi connectivity index (χ2n) is 5.78. The van der Waals surface area contributed by atoms with E-state index in [-0.39, 0.29) is 11.8 Å². The summed E-state index contributed by atoms with van der Waals surface area (Å²) in [6.45, 7) is 3.37. The Bertz CT molecular complexity index is 421. The summed E-state index contributed by atoms with van der Waals surface area (Å²) < 4.78 is 0. The van der Waals surface area contributed by atoms with Gasteiger partial charge in [-0.2, -0.15) is 0 Å².